The summed E-state index contributed by atoms with van der Waals surface area (Å²) >= 11 is 0. The average Bonchev–Trinajstić information content (AvgIpc) is 3.67. The van der Waals surface area contributed by atoms with E-state index >= 15 is 4.39 Å². The number of hydrogen-bond donors (Lipinski definition) is 2. The molecule has 2 aliphatic rings. The number of carbonyl (C=O) groups is 1. The van der Waals surface area contributed by atoms with Crippen LogP contribution < -0.4 is 15.0 Å². The van der Waals surface area contributed by atoms with Crippen LogP contribution in [0.4, 0.5) is 21.7 Å². The molecule has 12 heteroatoms. The van der Waals surface area contributed by atoms with Gasteiger partial charge in [0.05, 0.1) is 11.1 Å². The lowest BCUT2D eigenvalue weighted by atomic mass is 9.89. The summed E-state index contributed by atoms with van der Waals surface area (Å²) in [7, 11) is 3.34. The zero-order valence-electron chi connectivity index (χ0n) is 24.1. The monoisotopic (exact) mass is 587 g/mol. The van der Waals surface area contributed by atoms with Crippen LogP contribution in [0.15, 0.2) is 61.7 Å². The molecule has 224 valence electrons. The van der Waals surface area contributed by atoms with Gasteiger partial charge >= 0.3 is 0 Å². The highest BCUT2D eigenvalue weighted by molar-refractivity contribution is 5.92. The molecule has 2 N–H and O–H groups in total. The Balaban J connectivity index is 1.17. The van der Waals surface area contributed by atoms with Crippen molar-refractivity contribution in [3.8, 4) is 11.5 Å². The molecule has 2 aliphatic heterocycles. The Morgan fingerprint density at radius 2 is 1.81 bits per heavy atom. The molecule has 5 heterocycles. The highest BCUT2D eigenvalue weighted by atomic mass is 19.1. The second-order valence-corrected chi connectivity index (χ2v) is 10.7. The smallest absolute Gasteiger partial charge is 0.245 e. The van der Waals surface area contributed by atoms with Gasteiger partial charge in [0.1, 0.15) is 53.1 Å². The molecule has 6 rings (SSSR count). The maximum Gasteiger partial charge on any atom is 0.245 e. The lowest BCUT2D eigenvalue weighted by molar-refractivity contribution is -0.127. The van der Waals surface area contributed by atoms with Crippen LogP contribution in [0.2, 0.25) is 0 Å². The van der Waals surface area contributed by atoms with Crippen LogP contribution in [0.5, 0.6) is 11.5 Å². The molecule has 2 fully saturated rings. The normalized spacial score (nSPS) is 19.1. The summed E-state index contributed by atoms with van der Waals surface area (Å²) in [6.45, 7) is 6.17. The number of aromatic amines is 1. The molecule has 0 aliphatic carbocycles. The van der Waals surface area contributed by atoms with E-state index in [9.17, 15) is 4.79 Å². The van der Waals surface area contributed by atoms with E-state index in [0.717, 1.165) is 29.6 Å². The Kier molecular flexibility index (Phi) is 8.21. The highest BCUT2D eigenvalue weighted by Gasteiger charge is 2.34. The summed E-state index contributed by atoms with van der Waals surface area (Å²) in [6.07, 6.45) is 7.89. The van der Waals surface area contributed by atoms with Crippen LogP contribution >= 0.6 is 0 Å². The summed E-state index contributed by atoms with van der Waals surface area (Å²) in [6, 6.07) is 8.21. The number of rotatable bonds is 9. The number of aromatic nitrogens is 4. The number of fused-ring (bicyclic) bond motifs is 1. The number of anilines is 3. The van der Waals surface area contributed by atoms with Crippen molar-refractivity contribution >= 4 is 34.3 Å². The van der Waals surface area contributed by atoms with Crippen molar-refractivity contribution < 1.29 is 23.4 Å². The van der Waals surface area contributed by atoms with E-state index in [-0.39, 0.29) is 29.7 Å². The van der Waals surface area contributed by atoms with Gasteiger partial charge in [-0.2, -0.15) is 0 Å². The Morgan fingerprint density at radius 3 is 2.51 bits per heavy atom. The van der Waals surface area contributed by atoms with E-state index in [4.69, 9.17) is 14.2 Å². The summed E-state index contributed by atoms with van der Waals surface area (Å²) < 4.78 is 32.4. The van der Waals surface area contributed by atoms with Gasteiger partial charge in [0, 0.05) is 64.9 Å². The molecule has 4 aromatic rings. The predicted molar refractivity (Wildman–Crippen MR) is 160 cm³/mol. The third-order valence-electron chi connectivity index (χ3n) is 8.21. The number of piperidine rings is 1. The lowest BCUT2D eigenvalue weighted by Gasteiger charge is -2.31. The van der Waals surface area contributed by atoms with Crippen molar-refractivity contribution in [2.45, 2.75) is 31.0 Å². The van der Waals surface area contributed by atoms with Gasteiger partial charge in [-0.15, -0.1) is 0 Å². The average molecular weight is 588 g/mol. The van der Waals surface area contributed by atoms with Crippen molar-refractivity contribution in [1.82, 2.24) is 24.8 Å². The highest BCUT2D eigenvalue weighted by Crippen LogP contribution is 2.37. The first-order valence-electron chi connectivity index (χ1n) is 14.2. The van der Waals surface area contributed by atoms with E-state index in [2.05, 4.69) is 36.7 Å². The molecule has 2 atom stereocenters. The largest absolute Gasteiger partial charge is 0.457 e. The molecule has 0 spiro atoms. The number of carbonyl (C=O) groups excluding carboxylic acids is 1. The van der Waals surface area contributed by atoms with E-state index in [1.165, 1.54) is 18.5 Å². The minimum Gasteiger partial charge on any atom is -0.457 e. The van der Waals surface area contributed by atoms with Crippen LogP contribution in [0.1, 0.15) is 24.3 Å². The third kappa shape index (κ3) is 5.88. The molecule has 0 unspecified atom stereocenters. The van der Waals surface area contributed by atoms with Crippen molar-refractivity contribution in [3.63, 3.8) is 0 Å². The van der Waals surface area contributed by atoms with Crippen molar-refractivity contribution in [1.29, 1.82) is 0 Å². The van der Waals surface area contributed by atoms with Gasteiger partial charge in [-0.3, -0.25) is 4.79 Å². The molecular formula is C31H34FN7O4. The maximum atomic E-state index is 15.4. The van der Waals surface area contributed by atoms with Crippen LogP contribution in [-0.2, 0) is 14.3 Å². The Hall–Kier alpha value is -4.55. The van der Waals surface area contributed by atoms with E-state index < -0.39 is 5.82 Å². The van der Waals surface area contributed by atoms with E-state index in [1.54, 1.807) is 43.5 Å². The molecule has 43 heavy (non-hydrogen) atoms. The minimum atomic E-state index is -0.489. The van der Waals surface area contributed by atoms with E-state index in [0.29, 0.717) is 49.1 Å². The first-order valence-corrected chi connectivity index (χ1v) is 14.2. The molecular weight excluding hydrogens is 553 g/mol. The molecule has 1 amide bonds. The van der Waals surface area contributed by atoms with Gasteiger partial charge < -0.3 is 34.3 Å². The quantitative estimate of drug-likeness (QED) is 0.267. The fourth-order valence-corrected chi connectivity index (χ4v) is 5.89. The zero-order valence-corrected chi connectivity index (χ0v) is 24.1. The molecule has 0 saturated carbocycles. The van der Waals surface area contributed by atoms with Crippen molar-refractivity contribution in [3.05, 3.63) is 73.1 Å². The fraction of sp³-hybridized carbons (Fsp3) is 0.355. The number of halogens is 1. The van der Waals surface area contributed by atoms with Gasteiger partial charge in [-0.05, 0) is 48.6 Å². The first kappa shape index (κ1) is 28.6. The number of methoxy groups -OCH3 is 2. The summed E-state index contributed by atoms with van der Waals surface area (Å²) in [5.74, 6) is 1.79. The Morgan fingerprint density at radius 1 is 1.07 bits per heavy atom. The van der Waals surface area contributed by atoms with Crippen LogP contribution in [0, 0.1) is 5.82 Å². The van der Waals surface area contributed by atoms with Crippen LogP contribution in [-0.4, -0.2) is 83.3 Å². The number of amides is 1. The topological polar surface area (TPSA) is 118 Å². The summed E-state index contributed by atoms with van der Waals surface area (Å²) in [5.41, 5.74) is 1.97. The molecule has 0 radical (unpaired) electrons. The van der Waals surface area contributed by atoms with Gasteiger partial charge in [-0.25, -0.2) is 19.3 Å². The summed E-state index contributed by atoms with van der Waals surface area (Å²) in [4.78, 5) is 32.4. The SMILES string of the molecule is C=CC(=O)N1CCC(c2c[nH]c3ncnc(Nc4ccc(Oc5ccnc(N6C[C@H](OC)[C@H](OC)C6)c5)cc4F)c23)CC1. The number of nitrogens with one attached hydrogen (secondary N) is 2. The molecule has 2 saturated heterocycles. The molecule has 3 aromatic heterocycles. The maximum absolute atomic E-state index is 15.4. The minimum absolute atomic E-state index is 0.0509. The van der Waals surface area contributed by atoms with Gasteiger partial charge in [0.25, 0.3) is 0 Å². The summed E-state index contributed by atoms with van der Waals surface area (Å²) in [5, 5.41) is 3.97. The standard InChI is InChI=1S/C31H34FN7O4/c1-4-28(40)38-11-8-19(9-12-38)22-15-34-30-29(22)31(36-18-35-30)37-24-6-5-20(13-23(24)32)43-21-7-10-33-27(14-21)39-16-25(41-2)26(17-39)42-3/h4-7,10,13-15,18-19,25-26H,1,8-9,11-12,16-17H2,2-3H3,(H2,34,35,36,37)/t25-,26+. The lowest BCUT2D eigenvalue weighted by Crippen LogP contribution is -2.36. The first-order chi connectivity index (χ1) is 21.0. The van der Waals surface area contributed by atoms with Crippen LogP contribution in [0.3, 0.4) is 0 Å². The number of nitrogens with zero attached hydrogens (tertiary/aromatic N) is 5. The number of H-pyrrole nitrogens is 1. The molecule has 1 aromatic carbocycles. The van der Waals surface area contributed by atoms with Gasteiger partial charge in [0.2, 0.25) is 5.91 Å². The molecule has 11 nitrogen and oxygen atoms in total. The molecule has 0 bridgehead atoms. The fourth-order valence-electron chi connectivity index (χ4n) is 5.89. The predicted octanol–water partition coefficient (Wildman–Crippen LogP) is 4.77. The number of hydrogen-bond acceptors (Lipinski definition) is 9. The van der Waals surface area contributed by atoms with E-state index in [1.807, 2.05) is 12.3 Å². The number of likely N-dealkylation sites (tertiary alicyclic amines) is 1. The third-order valence-corrected chi connectivity index (χ3v) is 8.21. The number of ether oxygens (including phenoxy) is 3. The second kappa shape index (κ2) is 12.4. The zero-order chi connectivity index (χ0) is 29.9. The van der Waals surface area contributed by atoms with Crippen molar-refractivity contribution in [2.24, 2.45) is 0 Å². The number of pyridine rings is 1. The van der Waals surface area contributed by atoms with Crippen molar-refractivity contribution in [2.75, 3.05) is 50.6 Å². The second-order valence-electron chi connectivity index (χ2n) is 10.7. The van der Waals surface area contributed by atoms with Crippen LogP contribution in [0.25, 0.3) is 11.0 Å². The van der Waals surface area contributed by atoms with Gasteiger partial charge in [0.15, 0.2) is 0 Å². The Bertz CT molecular complexity index is 1610. The van der Waals surface area contributed by atoms with Gasteiger partial charge in [-0.1, -0.05) is 6.58 Å². The Labute approximate surface area is 248 Å². The number of benzene rings is 1.